The molecular weight excluding hydrogens is 404 g/mol. The Morgan fingerprint density at radius 1 is 1.23 bits per heavy atom. The number of carbonyl (C=O) groups excluding carboxylic acids is 3. The topological polar surface area (TPSA) is 124 Å². The van der Waals surface area contributed by atoms with Crippen LogP contribution in [-0.4, -0.2) is 52.4 Å². The van der Waals surface area contributed by atoms with Gasteiger partial charge in [-0.25, -0.2) is 4.79 Å². The van der Waals surface area contributed by atoms with E-state index >= 15 is 0 Å². The van der Waals surface area contributed by atoms with Gasteiger partial charge < -0.3 is 14.6 Å². The van der Waals surface area contributed by atoms with Gasteiger partial charge in [-0.05, 0) is 44.5 Å². The zero-order chi connectivity index (χ0) is 22.9. The summed E-state index contributed by atoms with van der Waals surface area (Å²) in [6, 6.07) is 6.43. The zero-order valence-electron chi connectivity index (χ0n) is 17.8. The van der Waals surface area contributed by atoms with Crippen LogP contribution < -0.4 is 5.32 Å². The highest BCUT2D eigenvalue weighted by Crippen LogP contribution is 2.30. The summed E-state index contributed by atoms with van der Waals surface area (Å²) in [7, 11) is 1.60. The molecule has 1 aromatic carbocycles. The second kappa shape index (κ2) is 8.31. The van der Waals surface area contributed by atoms with Gasteiger partial charge >= 0.3 is 6.03 Å². The molecule has 1 aromatic heterocycles. The molecule has 2 heterocycles. The molecule has 0 spiro atoms. The number of hydrogen-bond acceptors (Lipinski definition) is 6. The summed E-state index contributed by atoms with van der Waals surface area (Å²) in [5.74, 6) is -0.943. The van der Waals surface area contributed by atoms with E-state index in [0.29, 0.717) is 24.3 Å². The number of benzene rings is 1. The van der Waals surface area contributed by atoms with Crippen molar-refractivity contribution in [1.82, 2.24) is 14.8 Å². The van der Waals surface area contributed by atoms with E-state index in [1.165, 1.54) is 31.2 Å². The molecular formula is C21H24N4O6. The van der Waals surface area contributed by atoms with E-state index < -0.39 is 28.9 Å². The average molecular weight is 428 g/mol. The maximum atomic E-state index is 13.1. The van der Waals surface area contributed by atoms with Gasteiger partial charge in [0.1, 0.15) is 5.54 Å². The molecule has 10 heteroatoms. The number of hydrogen-bond donors (Lipinski definition) is 1. The fourth-order valence-electron chi connectivity index (χ4n) is 3.79. The first-order valence-corrected chi connectivity index (χ1v) is 9.68. The van der Waals surface area contributed by atoms with Crippen molar-refractivity contribution in [3.05, 3.63) is 63.0 Å². The van der Waals surface area contributed by atoms with E-state index in [1.54, 1.807) is 13.2 Å². The minimum atomic E-state index is -1.41. The summed E-state index contributed by atoms with van der Waals surface area (Å²) < 4.78 is 7.05. The first kappa shape index (κ1) is 22.2. The molecule has 0 bridgehead atoms. The number of nitrogens with zero attached hydrogens (tertiary/aromatic N) is 3. The highest BCUT2D eigenvalue weighted by atomic mass is 16.6. The van der Waals surface area contributed by atoms with Crippen molar-refractivity contribution in [3.63, 3.8) is 0 Å². The van der Waals surface area contributed by atoms with Gasteiger partial charge in [-0.1, -0.05) is 0 Å². The van der Waals surface area contributed by atoms with Crippen molar-refractivity contribution in [2.75, 3.05) is 20.3 Å². The molecule has 1 aliphatic rings. The Labute approximate surface area is 178 Å². The molecule has 2 aromatic rings. The fraction of sp³-hybridized carbons (Fsp3) is 0.381. The predicted octanol–water partition coefficient (Wildman–Crippen LogP) is 2.31. The molecule has 0 saturated carbocycles. The fourth-order valence-corrected chi connectivity index (χ4v) is 3.79. The minimum absolute atomic E-state index is 0.125. The van der Waals surface area contributed by atoms with E-state index in [0.717, 1.165) is 16.3 Å². The van der Waals surface area contributed by atoms with Crippen LogP contribution in [0.3, 0.4) is 0 Å². The summed E-state index contributed by atoms with van der Waals surface area (Å²) in [6.07, 6.45) is 0. The third-order valence-electron chi connectivity index (χ3n) is 5.63. The lowest BCUT2D eigenvalue weighted by molar-refractivity contribution is -0.384. The summed E-state index contributed by atoms with van der Waals surface area (Å²) in [5.41, 5.74) is 0.916. The van der Waals surface area contributed by atoms with Gasteiger partial charge in [-0.2, -0.15) is 0 Å². The van der Waals surface area contributed by atoms with Crippen LogP contribution in [0, 0.1) is 24.0 Å². The Balaban J connectivity index is 1.81. The molecule has 1 fully saturated rings. The van der Waals surface area contributed by atoms with E-state index in [2.05, 4.69) is 5.32 Å². The molecule has 10 nitrogen and oxygen atoms in total. The summed E-state index contributed by atoms with van der Waals surface area (Å²) in [5, 5.41) is 13.5. The molecule has 164 valence electrons. The van der Waals surface area contributed by atoms with Crippen LogP contribution in [-0.2, 0) is 21.6 Å². The van der Waals surface area contributed by atoms with Crippen molar-refractivity contribution >= 4 is 23.4 Å². The Hall–Kier alpha value is -3.53. The number of amides is 3. The van der Waals surface area contributed by atoms with Gasteiger partial charge in [-0.3, -0.25) is 24.6 Å². The standard InChI is InChI=1S/C21H24N4O6/c1-13-11-17(14(2)23(13)9-10-31-4)18(26)12-24-19(27)21(3,22-20(24)28)15-5-7-16(8-6-15)25(29)30/h5-8,11H,9-10,12H2,1-4H3,(H,22,28). The SMILES string of the molecule is COCCn1c(C)cc(C(=O)CN2C(=O)NC(C)(c3ccc([N+](=O)[O-])cc3)C2=O)c1C. The summed E-state index contributed by atoms with van der Waals surface area (Å²) in [4.78, 5) is 49.7. The Bertz CT molecular complexity index is 1060. The number of ketones is 1. The number of carbonyl (C=O) groups is 3. The third kappa shape index (κ3) is 3.93. The van der Waals surface area contributed by atoms with Crippen LogP contribution in [0.4, 0.5) is 10.5 Å². The average Bonchev–Trinajstić information content (AvgIpc) is 3.14. The van der Waals surface area contributed by atoms with Gasteiger partial charge in [0.2, 0.25) is 0 Å². The van der Waals surface area contributed by atoms with Gasteiger partial charge in [0, 0.05) is 42.7 Å². The molecule has 1 aliphatic heterocycles. The number of nitro groups is 1. The maximum Gasteiger partial charge on any atom is 0.325 e. The van der Waals surface area contributed by atoms with Gasteiger partial charge in [0.25, 0.3) is 11.6 Å². The van der Waals surface area contributed by atoms with Gasteiger partial charge in [-0.15, -0.1) is 0 Å². The maximum absolute atomic E-state index is 13.1. The van der Waals surface area contributed by atoms with Crippen LogP contribution >= 0.6 is 0 Å². The van der Waals surface area contributed by atoms with E-state index in [4.69, 9.17) is 4.74 Å². The molecule has 1 unspecified atom stereocenters. The quantitative estimate of drug-likeness (QED) is 0.298. The number of Topliss-reactive ketones (excluding diaryl/α,β-unsaturated/α-hetero) is 1. The smallest absolute Gasteiger partial charge is 0.325 e. The third-order valence-corrected chi connectivity index (χ3v) is 5.63. The van der Waals surface area contributed by atoms with E-state index in [1.807, 2.05) is 18.4 Å². The summed E-state index contributed by atoms with van der Waals surface area (Å²) >= 11 is 0. The van der Waals surface area contributed by atoms with Crippen molar-refractivity contribution in [2.45, 2.75) is 32.9 Å². The van der Waals surface area contributed by atoms with Crippen molar-refractivity contribution in [3.8, 4) is 0 Å². The first-order chi connectivity index (χ1) is 14.6. The molecule has 0 radical (unpaired) electrons. The van der Waals surface area contributed by atoms with Gasteiger partial charge in [0.05, 0.1) is 18.1 Å². The zero-order valence-corrected chi connectivity index (χ0v) is 17.8. The van der Waals surface area contributed by atoms with E-state index in [9.17, 15) is 24.5 Å². The number of ether oxygens (including phenoxy) is 1. The second-order valence-electron chi connectivity index (χ2n) is 7.60. The molecule has 3 rings (SSSR count). The lowest BCUT2D eigenvalue weighted by Gasteiger charge is -2.22. The Morgan fingerprint density at radius 2 is 1.87 bits per heavy atom. The predicted molar refractivity (Wildman–Crippen MR) is 111 cm³/mol. The molecule has 31 heavy (non-hydrogen) atoms. The molecule has 0 aliphatic carbocycles. The van der Waals surface area contributed by atoms with Crippen LogP contribution in [0.2, 0.25) is 0 Å². The number of nitro benzene ring substituents is 1. The lowest BCUT2D eigenvalue weighted by atomic mass is 9.92. The summed E-state index contributed by atoms with van der Waals surface area (Å²) in [6.45, 7) is 5.87. The molecule has 1 saturated heterocycles. The number of aromatic nitrogens is 1. The molecule has 1 N–H and O–H groups in total. The lowest BCUT2D eigenvalue weighted by Crippen LogP contribution is -2.41. The Morgan fingerprint density at radius 3 is 2.45 bits per heavy atom. The largest absolute Gasteiger partial charge is 0.383 e. The van der Waals surface area contributed by atoms with E-state index in [-0.39, 0.29) is 11.5 Å². The normalized spacial score (nSPS) is 18.4. The number of aryl methyl sites for hydroxylation is 1. The number of urea groups is 1. The Kier molecular flexibility index (Phi) is 5.94. The second-order valence-corrected chi connectivity index (χ2v) is 7.60. The number of imide groups is 1. The van der Waals surface area contributed by atoms with Gasteiger partial charge in [0.15, 0.2) is 5.78 Å². The first-order valence-electron chi connectivity index (χ1n) is 9.68. The number of rotatable bonds is 8. The highest BCUT2D eigenvalue weighted by molar-refractivity contribution is 6.11. The van der Waals surface area contributed by atoms with Crippen LogP contribution in [0.15, 0.2) is 30.3 Å². The van der Waals surface area contributed by atoms with Crippen LogP contribution in [0.5, 0.6) is 0 Å². The monoisotopic (exact) mass is 428 g/mol. The molecule has 1 atom stereocenters. The van der Waals surface area contributed by atoms with Crippen molar-refractivity contribution < 1.29 is 24.0 Å². The van der Waals surface area contributed by atoms with Crippen LogP contribution in [0.25, 0.3) is 0 Å². The number of nitrogens with one attached hydrogen (secondary N) is 1. The van der Waals surface area contributed by atoms with Crippen LogP contribution in [0.1, 0.15) is 34.2 Å². The molecule has 3 amide bonds. The van der Waals surface area contributed by atoms with Crippen molar-refractivity contribution in [2.24, 2.45) is 0 Å². The highest BCUT2D eigenvalue weighted by Gasteiger charge is 2.49. The van der Waals surface area contributed by atoms with Crippen molar-refractivity contribution in [1.29, 1.82) is 0 Å². The number of methoxy groups -OCH3 is 1. The number of non-ortho nitro benzene ring substituents is 1. The minimum Gasteiger partial charge on any atom is -0.383 e.